The van der Waals surface area contributed by atoms with E-state index >= 15 is 0 Å². The van der Waals surface area contributed by atoms with Crippen molar-refractivity contribution in [1.29, 1.82) is 0 Å². The number of rotatable bonds is 3. The van der Waals surface area contributed by atoms with Crippen molar-refractivity contribution in [3.8, 4) is 11.4 Å². The Hall–Kier alpha value is -1.74. The molecule has 3 aromatic heterocycles. The molecule has 2 aliphatic rings. The first-order valence-electron chi connectivity index (χ1n) is 10.1. The Kier molecular flexibility index (Phi) is 5.19. The summed E-state index contributed by atoms with van der Waals surface area (Å²) in [6.07, 6.45) is 3.15. The van der Waals surface area contributed by atoms with Crippen LogP contribution in [0.2, 0.25) is 5.02 Å². The highest BCUT2D eigenvalue weighted by Gasteiger charge is 2.26. The standard InChI is InChI=1S/C20H24ClN5O2S/c1-12-9-15(26(23-12)17-5-3-4-7-28-17)18-19-20(29-24-18)14(21)10-16(22-19)25-6-8-27-11-13(25)2/h9-10,13,17H,3-8,11H2,1-2H3/t13-,17?/m1/s1. The van der Waals surface area contributed by atoms with Crippen LogP contribution in [0.1, 0.15) is 38.1 Å². The van der Waals surface area contributed by atoms with Gasteiger partial charge in [-0.25, -0.2) is 9.67 Å². The van der Waals surface area contributed by atoms with Crippen LogP contribution in [-0.4, -0.2) is 51.5 Å². The monoisotopic (exact) mass is 433 g/mol. The van der Waals surface area contributed by atoms with E-state index in [0.29, 0.717) is 18.2 Å². The minimum atomic E-state index is -0.0536. The van der Waals surface area contributed by atoms with Gasteiger partial charge in [0, 0.05) is 19.2 Å². The van der Waals surface area contributed by atoms with Gasteiger partial charge in [-0.05, 0) is 50.7 Å². The lowest BCUT2D eigenvalue weighted by atomic mass is 10.1. The van der Waals surface area contributed by atoms with Crippen LogP contribution in [0.15, 0.2) is 12.1 Å². The van der Waals surface area contributed by atoms with E-state index in [-0.39, 0.29) is 12.3 Å². The van der Waals surface area contributed by atoms with Crippen LogP contribution >= 0.6 is 23.1 Å². The van der Waals surface area contributed by atoms with Gasteiger partial charge in [0.15, 0.2) is 6.23 Å². The zero-order chi connectivity index (χ0) is 20.0. The molecule has 0 aromatic carbocycles. The molecule has 0 amide bonds. The number of ether oxygens (including phenoxy) is 2. The van der Waals surface area contributed by atoms with E-state index in [1.165, 1.54) is 11.5 Å². The lowest BCUT2D eigenvalue weighted by Gasteiger charge is -2.34. The number of anilines is 1. The molecule has 0 saturated carbocycles. The lowest BCUT2D eigenvalue weighted by Crippen LogP contribution is -2.44. The number of aromatic nitrogens is 4. The molecule has 0 spiro atoms. The Morgan fingerprint density at radius 2 is 2.14 bits per heavy atom. The maximum Gasteiger partial charge on any atom is 0.150 e. The largest absolute Gasteiger partial charge is 0.377 e. The van der Waals surface area contributed by atoms with Gasteiger partial charge in [0.2, 0.25) is 0 Å². The normalized spacial score (nSPS) is 23.1. The minimum Gasteiger partial charge on any atom is -0.377 e. The molecule has 3 aromatic rings. The zero-order valence-corrected chi connectivity index (χ0v) is 18.2. The van der Waals surface area contributed by atoms with Crippen LogP contribution in [0.5, 0.6) is 0 Å². The van der Waals surface area contributed by atoms with Crippen LogP contribution in [0.4, 0.5) is 5.82 Å². The summed E-state index contributed by atoms with van der Waals surface area (Å²) in [5, 5.41) is 5.40. The van der Waals surface area contributed by atoms with E-state index in [1.54, 1.807) is 0 Å². The van der Waals surface area contributed by atoms with Crippen molar-refractivity contribution in [2.75, 3.05) is 31.3 Å². The van der Waals surface area contributed by atoms with E-state index in [0.717, 1.165) is 65.5 Å². The molecule has 0 N–H and O–H groups in total. The second kappa shape index (κ2) is 7.83. The maximum atomic E-state index is 6.65. The van der Waals surface area contributed by atoms with Gasteiger partial charge in [-0.3, -0.25) is 0 Å². The molecule has 1 unspecified atom stereocenters. The fraction of sp³-hybridized carbons (Fsp3) is 0.550. The predicted molar refractivity (Wildman–Crippen MR) is 115 cm³/mol. The number of morpholine rings is 1. The van der Waals surface area contributed by atoms with Gasteiger partial charge in [0.1, 0.15) is 17.0 Å². The molecular formula is C20H24ClN5O2S. The molecule has 2 fully saturated rings. The van der Waals surface area contributed by atoms with E-state index in [9.17, 15) is 0 Å². The molecule has 0 radical (unpaired) electrons. The molecule has 7 nitrogen and oxygen atoms in total. The number of halogens is 1. The quantitative estimate of drug-likeness (QED) is 0.608. The van der Waals surface area contributed by atoms with Crippen LogP contribution in [-0.2, 0) is 9.47 Å². The van der Waals surface area contributed by atoms with Gasteiger partial charge in [-0.15, -0.1) is 0 Å². The van der Waals surface area contributed by atoms with Gasteiger partial charge in [0.25, 0.3) is 0 Å². The molecule has 154 valence electrons. The third kappa shape index (κ3) is 3.52. The molecular weight excluding hydrogens is 410 g/mol. The fourth-order valence-electron chi connectivity index (χ4n) is 4.08. The average Bonchev–Trinajstić information content (AvgIpc) is 3.32. The third-order valence-corrected chi connectivity index (χ3v) is 6.84. The van der Waals surface area contributed by atoms with Crippen molar-refractivity contribution in [2.24, 2.45) is 0 Å². The molecule has 9 heteroatoms. The maximum absolute atomic E-state index is 6.65. The first-order chi connectivity index (χ1) is 14.1. The summed E-state index contributed by atoms with van der Waals surface area (Å²) in [7, 11) is 0. The second-order valence-electron chi connectivity index (χ2n) is 7.73. The topological polar surface area (TPSA) is 65.3 Å². The van der Waals surface area contributed by atoms with Crippen molar-refractivity contribution in [3.05, 3.63) is 22.8 Å². The van der Waals surface area contributed by atoms with Gasteiger partial charge < -0.3 is 14.4 Å². The highest BCUT2D eigenvalue weighted by atomic mass is 35.5. The second-order valence-corrected chi connectivity index (χ2v) is 8.91. The molecule has 0 bridgehead atoms. The summed E-state index contributed by atoms with van der Waals surface area (Å²) in [6, 6.07) is 4.26. The zero-order valence-electron chi connectivity index (χ0n) is 16.6. The van der Waals surface area contributed by atoms with E-state index in [1.807, 2.05) is 17.7 Å². The summed E-state index contributed by atoms with van der Waals surface area (Å²) in [5.41, 5.74) is 3.54. The molecule has 2 aliphatic heterocycles. The highest BCUT2D eigenvalue weighted by Crippen LogP contribution is 2.38. The van der Waals surface area contributed by atoms with Gasteiger partial charge >= 0.3 is 0 Å². The molecule has 0 aliphatic carbocycles. The number of fused-ring (bicyclic) bond motifs is 1. The summed E-state index contributed by atoms with van der Waals surface area (Å²) >= 11 is 8.04. The smallest absolute Gasteiger partial charge is 0.150 e. The summed E-state index contributed by atoms with van der Waals surface area (Å²) in [6.45, 7) is 7.10. The SMILES string of the molecule is Cc1cc(-c2nsc3c(Cl)cc(N4CCOC[C@H]4C)nc23)n(C2CCCCO2)n1. The Morgan fingerprint density at radius 3 is 2.93 bits per heavy atom. The van der Waals surface area contributed by atoms with Gasteiger partial charge in [0.05, 0.1) is 40.4 Å². The predicted octanol–water partition coefficient (Wildman–Crippen LogP) is 4.44. The number of hydrogen-bond acceptors (Lipinski definition) is 7. The van der Waals surface area contributed by atoms with Crippen molar-refractivity contribution in [3.63, 3.8) is 0 Å². The van der Waals surface area contributed by atoms with E-state index < -0.39 is 0 Å². The Balaban J connectivity index is 1.61. The minimum absolute atomic E-state index is 0.0536. The summed E-state index contributed by atoms with van der Waals surface area (Å²) < 4.78 is 19.2. The Morgan fingerprint density at radius 1 is 1.24 bits per heavy atom. The van der Waals surface area contributed by atoms with Gasteiger partial charge in [-0.1, -0.05) is 11.6 Å². The fourth-order valence-corrected chi connectivity index (χ4v) is 5.11. The number of pyridine rings is 1. The van der Waals surface area contributed by atoms with Crippen LogP contribution in [0, 0.1) is 6.92 Å². The number of hydrogen-bond donors (Lipinski definition) is 0. The molecule has 29 heavy (non-hydrogen) atoms. The Labute approximate surface area is 178 Å². The first kappa shape index (κ1) is 19.2. The lowest BCUT2D eigenvalue weighted by molar-refractivity contribution is -0.0385. The van der Waals surface area contributed by atoms with Crippen LogP contribution < -0.4 is 4.90 Å². The van der Waals surface area contributed by atoms with Crippen molar-refractivity contribution in [2.45, 2.75) is 45.4 Å². The average molecular weight is 434 g/mol. The van der Waals surface area contributed by atoms with E-state index in [2.05, 4.69) is 17.9 Å². The molecule has 5 heterocycles. The van der Waals surface area contributed by atoms with Crippen LogP contribution in [0.25, 0.3) is 21.6 Å². The number of nitrogens with zero attached hydrogens (tertiary/aromatic N) is 5. The van der Waals surface area contributed by atoms with Crippen molar-refractivity contribution < 1.29 is 9.47 Å². The van der Waals surface area contributed by atoms with Crippen molar-refractivity contribution >= 4 is 39.2 Å². The summed E-state index contributed by atoms with van der Waals surface area (Å²) in [5.74, 6) is 0.872. The van der Waals surface area contributed by atoms with Crippen LogP contribution in [0.3, 0.4) is 0 Å². The molecule has 2 saturated heterocycles. The molecule has 2 atom stereocenters. The third-order valence-electron chi connectivity index (χ3n) is 5.56. The summed E-state index contributed by atoms with van der Waals surface area (Å²) in [4.78, 5) is 7.25. The van der Waals surface area contributed by atoms with Crippen molar-refractivity contribution in [1.82, 2.24) is 19.1 Å². The van der Waals surface area contributed by atoms with Gasteiger partial charge in [-0.2, -0.15) is 9.47 Å². The number of aryl methyl sites for hydroxylation is 1. The highest BCUT2D eigenvalue weighted by molar-refractivity contribution is 7.14. The van der Waals surface area contributed by atoms with E-state index in [4.69, 9.17) is 35.5 Å². The molecule has 5 rings (SSSR count). The first-order valence-corrected chi connectivity index (χ1v) is 11.3. The Bertz CT molecular complexity index is 1030.